The number of hydrogen-bond acceptors (Lipinski definition) is 14. The molecule has 3 aliphatic rings. The Bertz CT molecular complexity index is 3150. The van der Waals surface area contributed by atoms with Crippen LogP contribution in [0.15, 0.2) is 78.6 Å². The van der Waals surface area contributed by atoms with Crippen molar-refractivity contribution in [1.82, 2.24) is 45.1 Å². The number of hydrogen-bond donors (Lipinski definition) is 6. The minimum Gasteiger partial charge on any atom is -0.391 e. The summed E-state index contributed by atoms with van der Waals surface area (Å²) in [5.74, 6) is -1.01. The van der Waals surface area contributed by atoms with Crippen LogP contribution in [-0.4, -0.2) is 134 Å². The number of unbranched alkanes of at least 4 members (excludes halogenated alkanes) is 2. The summed E-state index contributed by atoms with van der Waals surface area (Å²) in [6.07, 6.45) is 5.73. The average Bonchev–Trinajstić information content (AvgIpc) is 4.36. The largest absolute Gasteiger partial charge is 0.391 e. The summed E-state index contributed by atoms with van der Waals surface area (Å²) in [6.45, 7) is 12.2. The number of pyridine rings is 2. The zero-order valence-corrected chi connectivity index (χ0v) is 46.4. The van der Waals surface area contributed by atoms with E-state index >= 15 is 0 Å². The molecule has 18 nitrogen and oxygen atoms in total. The number of carbonyl (C=O) groups is 4. The number of likely N-dealkylation sites (tertiary alicyclic amines) is 1. The second kappa shape index (κ2) is 23.6. The van der Waals surface area contributed by atoms with Gasteiger partial charge in [0.2, 0.25) is 17.7 Å². The third-order valence-electron chi connectivity index (χ3n) is 15.1. The molecule has 3 aliphatic heterocycles. The van der Waals surface area contributed by atoms with Gasteiger partial charge >= 0.3 is 0 Å². The lowest BCUT2D eigenvalue weighted by Gasteiger charge is -2.39. The Balaban J connectivity index is 0.720. The third kappa shape index (κ3) is 12.7. The lowest BCUT2D eigenvalue weighted by atomic mass is 9.85. The Labute approximate surface area is 458 Å². The van der Waals surface area contributed by atoms with E-state index in [1.54, 1.807) is 28.1 Å². The smallest absolute Gasteiger partial charge is 0.254 e. The molecule has 0 aliphatic carbocycles. The number of aliphatic hydroxyl groups excluding tert-OH is 1. The van der Waals surface area contributed by atoms with Crippen molar-refractivity contribution in [3.8, 4) is 21.7 Å². The standard InChI is InChI=1S/C58H72FN11O7S/c1-35(37-12-14-38(15-13-37)52-36(2)62-34-78-52)63-54(73)46-28-40(71)31-70(46)56(75)53(57(3,4)5)66-50(72)11-9-8-10-26-77-33-58(76)21-24-68(25-22-58)45-18-19-48(65-44(45)32-67(6)7)64-43-17-16-41(42-29-61-55(74)51(42)43)47-30-60-49-27-39(59)20-23-69(47)49/h12-20,23,27,30,34-35,40,46,53,71,76H,8-11,21-22,24-26,28-29,31-33H2,1-7H3,(H,61,74)(H,63,73)(H,64,65)(H,66,72)/t35-,40+,46-,53+/m0/s1. The highest BCUT2D eigenvalue weighted by Gasteiger charge is 2.45. The van der Waals surface area contributed by atoms with E-state index in [2.05, 4.69) is 41.0 Å². The molecule has 0 bridgehead atoms. The number of anilines is 3. The van der Waals surface area contributed by atoms with Crippen LogP contribution in [0.2, 0.25) is 0 Å². The molecule has 0 spiro atoms. The van der Waals surface area contributed by atoms with Crippen molar-refractivity contribution in [2.75, 3.05) is 57.2 Å². The van der Waals surface area contributed by atoms with Crippen LogP contribution in [0.4, 0.5) is 21.6 Å². The van der Waals surface area contributed by atoms with Crippen LogP contribution < -0.4 is 26.2 Å². The molecule has 9 rings (SSSR count). The number of imidazole rings is 1. The van der Waals surface area contributed by atoms with E-state index in [-0.39, 0.29) is 55.6 Å². The fraction of sp³-hybridized carbons (Fsp3) is 0.466. The van der Waals surface area contributed by atoms with E-state index in [0.29, 0.717) is 87.6 Å². The van der Waals surface area contributed by atoms with E-state index in [0.717, 1.165) is 49.9 Å². The van der Waals surface area contributed by atoms with Gasteiger partial charge in [0.25, 0.3) is 5.91 Å². The highest BCUT2D eigenvalue weighted by atomic mass is 32.1. The van der Waals surface area contributed by atoms with Gasteiger partial charge in [0.15, 0.2) is 0 Å². The quantitative estimate of drug-likeness (QED) is 0.0415. The van der Waals surface area contributed by atoms with Crippen molar-refractivity contribution in [2.45, 2.75) is 122 Å². The monoisotopic (exact) mass is 1090 g/mol. The van der Waals surface area contributed by atoms with Gasteiger partial charge in [-0.05, 0) is 100.0 Å². The summed E-state index contributed by atoms with van der Waals surface area (Å²) >= 11 is 1.57. The number of rotatable bonds is 20. The molecular weight excluding hydrogens is 1010 g/mol. The van der Waals surface area contributed by atoms with E-state index in [9.17, 15) is 33.8 Å². The first-order valence-corrected chi connectivity index (χ1v) is 27.8. The van der Waals surface area contributed by atoms with Crippen LogP contribution in [0, 0.1) is 18.2 Å². The lowest BCUT2D eigenvalue weighted by molar-refractivity contribution is -0.144. The van der Waals surface area contributed by atoms with Crippen molar-refractivity contribution in [3.63, 3.8) is 0 Å². The number of halogens is 1. The molecule has 0 radical (unpaired) electrons. The first kappa shape index (κ1) is 55.9. The first-order valence-electron chi connectivity index (χ1n) is 26.9. The summed E-state index contributed by atoms with van der Waals surface area (Å²) in [6, 6.07) is 16.3. The number of aliphatic hydroxyl groups is 2. The molecule has 6 aromatic rings. The first-order chi connectivity index (χ1) is 37.2. The maximum absolute atomic E-state index is 14.2. The summed E-state index contributed by atoms with van der Waals surface area (Å²) < 4.78 is 21.8. The molecule has 2 aromatic carbocycles. The third-order valence-corrected chi connectivity index (χ3v) is 16.0. The fourth-order valence-corrected chi connectivity index (χ4v) is 11.5. The number of aromatic nitrogens is 4. The van der Waals surface area contributed by atoms with Crippen molar-refractivity contribution in [2.24, 2.45) is 5.41 Å². The number of aryl methyl sites for hydroxylation is 1. The molecule has 20 heteroatoms. The Morgan fingerprint density at radius 1 is 1.01 bits per heavy atom. The van der Waals surface area contributed by atoms with Crippen molar-refractivity contribution in [3.05, 3.63) is 112 Å². The number of β-amino-alcohol motifs (C(OH)–C–C–N with tert-alkyl or cyclic N) is 1. The zero-order chi connectivity index (χ0) is 55.5. The molecule has 0 saturated carbocycles. The predicted octanol–water partition coefficient (Wildman–Crippen LogP) is 7.29. The highest BCUT2D eigenvalue weighted by molar-refractivity contribution is 7.13. The highest BCUT2D eigenvalue weighted by Crippen LogP contribution is 2.37. The van der Waals surface area contributed by atoms with E-state index in [4.69, 9.17) is 9.72 Å². The molecule has 4 atom stereocenters. The van der Waals surface area contributed by atoms with Crippen molar-refractivity contribution >= 4 is 57.8 Å². The fourth-order valence-electron chi connectivity index (χ4n) is 10.7. The van der Waals surface area contributed by atoms with Gasteiger partial charge in [0.05, 0.1) is 75.0 Å². The molecule has 2 fully saturated rings. The van der Waals surface area contributed by atoms with E-state index < -0.39 is 35.1 Å². The molecular formula is C58H72FN11O7S. The van der Waals surface area contributed by atoms with Crippen LogP contribution in [-0.2, 0) is 32.2 Å². The minimum absolute atomic E-state index is 0.00561. The van der Waals surface area contributed by atoms with Crippen LogP contribution in [0.5, 0.6) is 0 Å². The Morgan fingerprint density at radius 2 is 1.78 bits per heavy atom. The molecule has 78 heavy (non-hydrogen) atoms. The van der Waals surface area contributed by atoms with E-state index in [1.165, 1.54) is 17.0 Å². The van der Waals surface area contributed by atoms with Gasteiger partial charge in [-0.15, -0.1) is 11.3 Å². The summed E-state index contributed by atoms with van der Waals surface area (Å²) in [7, 11) is 3.97. The van der Waals surface area contributed by atoms with Gasteiger partial charge in [-0.3, -0.25) is 23.6 Å². The number of thiazole rings is 1. The average molecular weight is 1090 g/mol. The van der Waals surface area contributed by atoms with Gasteiger partial charge in [-0.1, -0.05) is 57.5 Å². The minimum atomic E-state index is -0.994. The molecule has 414 valence electrons. The second-order valence-electron chi connectivity index (χ2n) is 22.4. The van der Waals surface area contributed by atoms with Gasteiger partial charge in [0.1, 0.15) is 29.4 Å². The second-order valence-corrected chi connectivity index (χ2v) is 23.2. The maximum atomic E-state index is 14.2. The van der Waals surface area contributed by atoms with Crippen LogP contribution in [0.25, 0.3) is 27.3 Å². The number of piperidine rings is 1. The number of ether oxygens (including phenoxy) is 1. The van der Waals surface area contributed by atoms with Crippen LogP contribution in [0.1, 0.15) is 112 Å². The van der Waals surface area contributed by atoms with Gasteiger partial charge in [-0.25, -0.2) is 19.3 Å². The Morgan fingerprint density at radius 3 is 2.50 bits per heavy atom. The lowest BCUT2D eigenvalue weighted by Crippen LogP contribution is -2.57. The summed E-state index contributed by atoms with van der Waals surface area (Å²) in [4.78, 5) is 75.1. The molecule has 6 N–H and O–H groups in total. The number of benzene rings is 2. The molecule has 4 aromatic heterocycles. The number of carbonyl (C=O) groups excluding carboxylic acids is 4. The van der Waals surface area contributed by atoms with Gasteiger partial charge < -0.3 is 50.9 Å². The van der Waals surface area contributed by atoms with Crippen molar-refractivity contribution < 1.29 is 38.5 Å². The van der Waals surface area contributed by atoms with Gasteiger partial charge in [-0.2, -0.15) is 0 Å². The number of amides is 4. The molecule has 4 amide bonds. The predicted molar refractivity (Wildman–Crippen MR) is 299 cm³/mol. The summed E-state index contributed by atoms with van der Waals surface area (Å²) in [5, 5.41) is 34.7. The SMILES string of the molecule is Cc1ncsc1-c1ccc([C@H](C)NC(=O)[C@@H]2C[C@@H](O)CN2C(=O)[C@@H](NC(=O)CCCCCOCC2(O)CCN(c3ccc(Nc4ccc(-c5cnc6cc(F)ccn56)c5c4C(=O)NC5)nc3CN(C)C)CC2)C(C)(C)C)cc1. The van der Waals surface area contributed by atoms with Crippen molar-refractivity contribution in [1.29, 1.82) is 0 Å². The van der Waals surface area contributed by atoms with Crippen LogP contribution in [0.3, 0.4) is 0 Å². The molecule has 0 unspecified atom stereocenters. The topological polar surface area (TPSA) is 219 Å². The number of fused-ring (bicyclic) bond motifs is 2. The zero-order valence-electron chi connectivity index (χ0n) is 45.6. The summed E-state index contributed by atoms with van der Waals surface area (Å²) in [5.41, 5.74) is 8.90. The maximum Gasteiger partial charge on any atom is 0.254 e. The number of nitrogens with one attached hydrogen (secondary N) is 4. The van der Waals surface area contributed by atoms with Gasteiger partial charge in [0, 0.05) is 70.0 Å². The Hall–Kier alpha value is -6.84. The van der Waals surface area contributed by atoms with E-state index in [1.807, 2.05) is 103 Å². The Kier molecular flexibility index (Phi) is 16.9. The normalized spacial score (nSPS) is 18.0. The molecule has 7 heterocycles. The molecule has 2 saturated heterocycles. The van der Waals surface area contributed by atoms with Crippen LogP contribution >= 0.6 is 11.3 Å². The number of nitrogens with zero attached hydrogens (tertiary/aromatic N) is 7.